The monoisotopic (exact) mass is 274 g/mol. The van der Waals surface area contributed by atoms with E-state index < -0.39 is 26.8 Å². The van der Waals surface area contributed by atoms with Crippen molar-refractivity contribution in [2.45, 2.75) is 36.8 Å². The van der Waals surface area contributed by atoms with Crippen molar-refractivity contribution < 1.29 is 17.9 Å². The molecule has 4 N–H and O–H groups in total. The van der Waals surface area contributed by atoms with Crippen molar-refractivity contribution in [3.8, 4) is 0 Å². The van der Waals surface area contributed by atoms with Crippen LogP contribution in [0.3, 0.4) is 0 Å². The third-order valence-electron chi connectivity index (χ3n) is 2.97. The smallest absolute Gasteiger partial charge is 0.243 e. The van der Waals surface area contributed by atoms with E-state index >= 15 is 0 Å². The lowest BCUT2D eigenvalue weighted by atomic mass is 9.91. The number of nitrogens with two attached hydrogens (primary N) is 1. The second-order valence-electron chi connectivity index (χ2n) is 4.59. The Morgan fingerprint density at radius 1 is 1.44 bits per heavy atom. The van der Waals surface area contributed by atoms with E-state index in [0.29, 0.717) is 12.8 Å². The molecule has 0 saturated heterocycles. The van der Waals surface area contributed by atoms with E-state index in [9.17, 15) is 12.8 Å². The quantitative estimate of drug-likeness (QED) is 0.701. The highest BCUT2D eigenvalue weighted by Crippen LogP contribution is 2.25. The van der Waals surface area contributed by atoms with Crippen molar-refractivity contribution in [3.63, 3.8) is 0 Å². The summed E-state index contributed by atoms with van der Waals surface area (Å²) in [6, 6.07) is 2.13. The molecule has 1 aliphatic rings. The van der Waals surface area contributed by atoms with Gasteiger partial charge in [-0.1, -0.05) is 0 Å². The van der Waals surface area contributed by atoms with E-state index in [0.717, 1.165) is 6.07 Å². The van der Waals surface area contributed by atoms with Gasteiger partial charge in [0.2, 0.25) is 10.0 Å². The Bertz CT molecular complexity index is 568. The Labute approximate surface area is 105 Å². The summed E-state index contributed by atoms with van der Waals surface area (Å²) in [7, 11) is -3.94. The Hall–Kier alpha value is -1.18. The van der Waals surface area contributed by atoms with Gasteiger partial charge < -0.3 is 10.8 Å². The molecule has 1 aliphatic carbocycles. The molecule has 7 heteroatoms. The zero-order chi connectivity index (χ0) is 13.5. The summed E-state index contributed by atoms with van der Waals surface area (Å²) >= 11 is 0. The summed E-state index contributed by atoms with van der Waals surface area (Å²) in [6.07, 6.45) is 0.217. The molecule has 2 rings (SSSR count). The van der Waals surface area contributed by atoms with Gasteiger partial charge in [-0.2, -0.15) is 0 Å². The van der Waals surface area contributed by atoms with Crippen LogP contribution in [-0.2, 0) is 10.0 Å². The molecule has 100 valence electrons. The number of aliphatic hydroxyl groups excluding tert-OH is 1. The fourth-order valence-corrected chi connectivity index (χ4v) is 3.37. The van der Waals surface area contributed by atoms with Crippen molar-refractivity contribution in [2.75, 3.05) is 5.73 Å². The molecule has 0 heterocycles. The van der Waals surface area contributed by atoms with Gasteiger partial charge >= 0.3 is 0 Å². The first kappa shape index (κ1) is 13.3. The molecule has 0 bridgehead atoms. The van der Waals surface area contributed by atoms with Gasteiger partial charge in [0, 0.05) is 11.7 Å². The van der Waals surface area contributed by atoms with Crippen LogP contribution in [-0.4, -0.2) is 25.7 Å². The summed E-state index contributed by atoms with van der Waals surface area (Å²) in [4.78, 5) is -0.443. The minimum atomic E-state index is -3.94. The zero-order valence-corrected chi connectivity index (χ0v) is 10.7. The first-order valence-electron chi connectivity index (χ1n) is 5.55. The van der Waals surface area contributed by atoms with Gasteiger partial charge in [0.05, 0.1) is 6.10 Å². The number of hydrogen-bond acceptors (Lipinski definition) is 4. The Morgan fingerprint density at radius 3 is 2.61 bits per heavy atom. The molecule has 0 aromatic heterocycles. The average molecular weight is 274 g/mol. The lowest BCUT2D eigenvalue weighted by Crippen LogP contribution is -2.46. The van der Waals surface area contributed by atoms with E-state index in [4.69, 9.17) is 10.8 Å². The number of aryl methyl sites for hydroxylation is 1. The van der Waals surface area contributed by atoms with Gasteiger partial charge in [0.15, 0.2) is 0 Å². The fourth-order valence-electron chi connectivity index (χ4n) is 1.93. The van der Waals surface area contributed by atoms with Crippen LogP contribution in [0.25, 0.3) is 0 Å². The SMILES string of the molecule is Cc1cc(N)cc(S(=O)(=O)NC2CC(O)C2)c1F. The van der Waals surface area contributed by atoms with E-state index in [1.54, 1.807) is 0 Å². The highest BCUT2D eigenvalue weighted by atomic mass is 32.2. The molecule has 1 saturated carbocycles. The predicted octanol–water partition coefficient (Wildman–Crippen LogP) is 0.518. The first-order chi connectivity index (χ1) is 8.29. The van der Waals surface area contributed by atoms with Gasteiger partial charge in [-0.25, -0.2) is 17.5 Å². The fraction of sp³-hybridized carbons (Fsp3) is 0.455. The standard InChI is InChI=1S/C11H15FN2O3S/c1-6-2-7(13)3-10(11(6)12)18(16,17)14-8-4-9(15)5-8/h2-3,8-9,14-15H,4-5,13H2,1H3. The zero-order valence-electron chi connectivity index (χ0n) is 9.85. The number of nitrogens with one attached hydrogen (secondary N) is 1. The summed E-state index contributed by atoms with van der Waals surface area (Å²) in [5.41, 5.74) is 5.91. The molecule has 18 heavy (non-hydrogen) atoms. The minimum absolute atomic E-state index is 0.184. The maximum absolute atomic E-state index is 13.8. The van der Waals surface area contributed by atoms with Crippen LogP contribution < -0.4 is 10.5 Å². The summed E-state index contributed by atoms with van der Waals surface area (Å²) in [6.45, 7) is 1.46. The number of nitrogen functional groups attached to an aromatic ring is 1. The molecule has 1 aromatic rings. The molecule has 0 amide bonds. The van der Waals surface area contributed by atoms with Crippen LogP contribution in [0.15, 0.2) is 17.0 Å². The van der Waals surface area contributed by atoms with Crippen LogP contribution in [0.1, 0.15) is 18.4 Å². The third kappa shape index (κ3) is 2.47. The van der Waals surface area contributed by atoms with Crippen LogP contribution in [0, 0.1) is 12.7 Å². The first-order valence-corrected chi connectivity index (χ1v) is 7.04. The Balaban J connectivity index is 2.29. The highest BCUT2D eigenvalue weighted by Gasteiger charge is 2.32. The van der Waals surface area contributed by atoms with Gasteiger partial charge in [-0.15, -0.1) is 0 Å². The van der Waals surface area contributed by atoms with Crippen LogP contribution in [0.2, 0.25) is 0 Å². The molecular weight excluding hydrogens is 259 g/mol. The van der Waals surface area contributed by atoms with Gasteiger partial charge in [-0.3, -0.25) is 0 Å². The highest BCUT2D eigenvalue weighted by molar-refractivity contribution is 7.89. The maximum atomic E-state index is 13.8. The van der Waals surface area contributed by atoms with E-state index in [2.05, 4.69) is 4.72 Å². The van der Waals surface area contributed by atoms with Gasteiger partial charge in [-0.05, 0) is 37.5 Å². The molecule has 1 aromatic carbocycles. The van der Waals surface area contributed by atoms with E-state index in [1.165, 1.54) is 13.0 Å². The number of rotatable bonds is 3. The lowest BCUT2D eigenvalue weighted by molar-refractivity contribution is 0.0712. The van der Waals surface area contributed by atoms with Crippen molar-refractivity contribution in [2.24, 2.45) is 0 Å². The number of anilines is 1. The lowest BCUT2D eigenvalue weighted by Gasteiger charge is -2.31. The van der Waals surface area contributed by atoms with Crippen molar-refractivity contribution in [1.82, 2.24) is 4.72 Å². The Morgan fingerprint density at radius 2 is 2.06 bits per heavy atom. The predicted molar refractivity (Wildman–Crippen MR) is 64.9 cm³/mol. The van der Waals surface area contributed by atoms with Gasteiger partial charge in [0.25, 0.3) is 0 Å². The second kappa shape index (κ2) is 4.49. The van der Waals surface area contributed by atoms with Crippen molar-refractivity contribution >= 4 is 15.7 Å². The van der Waals surface area contributed by atoms with E-state index in [1.807, 2.05) is 0 Å². The van der Waals surface area contributed by atoms with Gasteiger partial charge in [0.1, 0.15) is 10.7 Å². The maximum Gasteiger partial charge on any atom is 0.243 e. The van der Waals surface area contributed by atoms with Crippen molar-refractivity contribution in [1.29, 1.82) is 0 Å². The molecule has 0 atom stereocenters. The largest absolute Gasteiger partial charge is 0.399 e. The number of benzene rings is 1. The number of halogens is 1. The molecular formula is C11H15FN2O3S. The van der Waals surface area contributed by atoms with E-state index in [-0.39, 0.29) is 17.3 Å². The summed E-state index contributed by atoms with van der Waals surface area (Å²) in [5, 5.41) is 9.10. The molecule has 0 radical (unpaired) electrons. The van der Waals surface area contributed by atoms with Crippen LogP contribution in [0.4, 0.5) is 10.1 Å². The van der Waals surface area contributed by atoms with Crippen LogP contribution >= 0.6 is 0 Å². The Kier molecular flexibility index (Phi) is 3.31. The number of aliphatic hydroxyl groups is 1. The molecule has 5 nitrogen and oxygen atoms in total. The number of hydrogen-bond donors (Lipinski definition) is 3. The third-order valence-corrected chi connectivity index (χ3v) is 4.49. The average Bonchev–Trinajstić information content (AvgIpc) is 2.20. The second-order valence-corrected chi connectivity index (χ2v) is 6.28. The molecule has 0 aliphatic heterocycles. The number of sulfonamides is 1. The molecule has 0 spiro atoms. The normalized spacial score (nSPS) is 23.7. The topological polar surface area (TPSA) is 92.4 Å². The summed E-state index contributed by atoms with van der Waals surface area (Å²) < 4.78 is 40.1. The van der Waals surface area contributed by atoms with Crippen LogP contribution in [0.5, 0.6) is 0 Å². The summed E-state index contributed by atoms with van der Waals surface area (Å²) in [5.74, 6) is -0.795. The minimum Gasteiger partial charge on any atom is -0.399 e. The molecule has 0 unspecified atom stereocenters. The molecule has 1 fully saturated rings. The van der Waals surface area contributed by atoms with Crippen molar-refractivity contribution in [3.05, 3.63) is 23.5 Å².